The van der Waals surface area contributed by atoms with Gasteiger partial charge in [-0.05, 0) is 69.5 Å². The van der Waals surface area contributed by atoms with E-state index < -0.39 is 5.97 Å². The van der Waals surface area contributed by atoms with Gasteiger partial charge < -0.3 is 14.7 Å². The number of aromatic nitrogens is 1. The van der Waals surface area contributed by atoms with Gasteiger partial charge in [0, 0.05) is 29.3 Å². The molecule has 1 aliphatic rings. The van der Waals surface area contributed by atoms with E-state index in [-0.39, 0.29) is 11.7 Å². The summed E-state index contributed by atoms with van der Waals surface area (Å²) in [6.07, 6.45) is 7.06. The van der Waals surface area contributed by atoms with Gasteiger partial charge in [0.1, 0.15) is 17.7 Å². The maximum Gasteiger partial charge on any atom is 0.337 e. The normalized spacial score (nSPS) is 16.4. The van der Waals surface area contributed by atoms with Crippen molar-refractivity contribution in [2.24, 2.45) is 0 Å². The summed E-state index contributed by atoms with van der Waals surface area (Å²) in [4.78, 5) is 17.5. The van der Waals surface area contributed by atoms with Crippen LogP contribution in [0.4, 0.5) is 5.82 Å². The van der Waals surface area contributed by atoms with Crippen molar-refractivity contribution in [3.8, 4) is 5.75 Å². The zero-order valence-electron chi connectivity index (χ0n) is 16.2. The molecule has 0 radical (unpaired) electrons. The van der Waals surface area contributed by atoms with Gasteiger partial charge in [0.05, 0.1) is 5.56 Å². The van der Waals surface area contributed by atoms with E-state index in [2.05, 4.69) is 51.8 Å². The lowest BCUT2D eigenvalue weighted by molar-refractivity contribution is 0.0696. The minimum atomic E-state index is -0.972. The topological polar surface area (TPSA) is 62.7 Å². The fourth-order valence-electron chi connectivity index (χ4n) is 3.37. The number of hydrogen-bond acceptors (Lipinski definition) is 4. The van der Waals surface area contributed by atoms with Gasteiger partial charge in [-0.15, -0.1) is 0 Å². The lowest BCUT2D eigenvalue weighted by Gasteiger charge is -2.26. The van der Waals surface area contributed by atoms with Crippen LogP contribution in [0.2, 0.25) is 0 Å². The Hall–Kier alpha value is -2.34. The fraction of sp³-hybridized carbons (Fsp3) is 0.364. The summed E-state index contributed by atoms with van der Waals surface area (Å²) in [6.45, 7) is 5.58. The van der Waals surface area contributed by atoms with E-state index in [1.54, 1.807) is 12.1 Å². The molecule has 3 rings (SSSR count). The third kappa shape index (κ3) is 5.13. The maximum absolute atomic E-state index is 11.1. The first-order valence-electron chi connectivity index (χ1n) is 9.53. The predicted octanol–water partition coefficient (Wildman–Crippen LogP) is 5.45. The second-order valence-electron chi connectivity index (χ2n) is 7.04. The fourth-order valence-corrected chi connectivity index (χ4v) is 3.78. The molecular weight excluding hydrogens is 420 g/mol. The Labute approximate surface area is 174 Å². The van der Waals surface area contributed by atoms with Crippen LogP contribution in [0.15, 0.2) is 52.7 Å². The number of allylic oxidation sites excluding steroid dienone is 1. The van der Waals surface area contributed by atoms with Gasteiger partial charge in [-0.2, -0.15) is 0 Å². The van der Waals surface area contributed by atoms with Crippen molar-refractivity contribution < 1.29 is 14.6 Å². The SMILES string of the molecule is CCN(Cc1cc(Br)ccc1OC1C=C(C)CCC1)c1ccc(C(=O)O)cn1. The largest absolute Gasteiger partial charge is 0.486 e. The molecule has 5 nitrogen and oxygen atoms in total. The van der Waals surface area contributed by atoms with Gasteiger partial charge in [-0.25, -0.2) is 9.78 Å². The zero-order valence-corrected chi connectivity index (χ0v) is 17.8. The number of carbonyl (C=O) groups is 1. The van der Waals surface area contributed by atoms with E-state index in [0.717, 1.165) is 47.4 Å². The molecule has 1 aromatic heterocycles. The van der Waals surface area contributed by atoms with Crippen molar-refractivity contribution >= 4 is 27.7 Å². The number of rotatable bonds is 7. The second kappa shape index (κ2) is 9.24. The summed E-state index contributed by atoms with van der Waals surface area (Å²) < 4.78 is 7.32. The van der Waals surface area contributed by atoms with E-state index in [1.165, 1.54) is 11.8 Å². The van der Waals surface area contributed by atoms with Crippen molar-refractivity contribution in [1.82, 2.24) is 4.98 Å². The van der Waals surface area contributed by atoms with E-state index in [0.29, 0.717) is 6.54 Å². The summed E-state index contributed by atoms with van der Waals surface area (Å²) in [7, 11) is 0. The summed E-state index contributed by atoms with van der Waals surface area (Å²) >= 11 is 3.56. The number of carboxylic acid groups (broad SMARTS) is 1. The highest BCUT2D eigenvalue weighted by Crippen LogP contribution is 2.29. The molecule has 0 fully saturated rings. The molecule has 1 atom stereocenters. The Morgan fingerprint density at radius 2 is 2.18 bits per heavy atom. The van der Waals surface area contributed by atoms with Gasteiger partial charge >= 0.3 is 5.97 Å². The number of nitrogens with zero attached hydrogens (tertiary/aromatic N) is 2. The summed E-state index contributed by atoms with van der Waals surface area (Å²) in [5, 5.41) is 9.07. The molecular formula is C22H25BrN2O3. The Balaban J connectivity index is 1.82. The van der Waals surface area contributed by atoms with Crippen LogP contribution in [-0.2, 0) is 6.54 Å². The standard InChI is InChI=1S/C22H25BrN2O3/c1-3-25(21-10-7-16(13-24-21)22(26)27)14-17-12-18(23)8-9-20(17)28-19-6-4-5-15(2)11-19/h7-13,19H,3-6,14H2,1-2H3,(H,26,27). The van der Waals surface area contributed by atoms with Crippen molar-refractivity contribution in [3.05, 3.63) is 63.8 Å². The quantitative estimate of drug-likeness (QED) is 0.575. The van der Waals surface area contributed by atoms with Crippen LogP contribution in [-0.4, -0.2) is 28.7 Å². The molecule has 0 saturated heterocycles. The number of halogens is 1. The van der Waals surface area contributed by atoms with Crippen LogP contribution in [0, 0.1) is 0 Å². The number of hydrogen-bond donors (Lipinski definition) is 1. The van der Waals surface area contributed by atoms with E-state index in [9.17, 15) is 4.79 Å². The average Bonchev–Trinajstić information content (AvgIpc) is 2.68. The molecule has 0 spiro atoms. The minimum Gasteiger partial charge on any atom is -0.486 e. The Morgan fingerprint density at radius 3 is 2.82 bits per heavy atom. The van der Waals surface area contributed by atoms with Crippen molar-refractivity contribution in [3.63, 3.8) is 0 Å². The number of pyridine rings is 1. The number of benzene rings is 1. The Kier molecular flexibility index (Phi) is 6.73. The molecule has 0 aliphatic heterocycles. The third-order valence-corrected chi connectivity index (χ3v) is 5.39. The van der Waals surface area contributed by atoms with Crippen molar-refractivity contribution in [1.29, 1.82) is 0 Å². The van der Waals surface area contributed by atoms with E-state index >= 15 is 0 Å². The zero-order chi connectivity index (χ0) is 20.1. The lowest BCUT2D eigenvalue weighted by atomic mass is 9.98. The monoisotopic (exact) mass is 444 g/mol. The molecule has 0 bridgehead atoms. The predicted molar refractivity (Wildman–Crippen MR) is 114 cm³/mol. The molecule has 2 aromatic rings. The molecule has 1 aliphatic carbocycles. The van der Waals surface area contributed by atoms with E-state index in [4.69, 9.17) is 9.84 Å². The Morgan fingerprint density at radius 1 is 1.36 bits per heavy atom. The molecule has 1 heterocycles. The molecule has 148 valence electrons. The second-order valence-corrected chi connectivity index (χ2v) is 7.95. The van der Waals surface area contributed by atoms with E-state index in [1.807, 2.05) is 12.1 Å². The third-order valence-electron chi connectivity index (χ3n) is 4.89. The first-order chi connectivity index (χ1) is 13.5. The first-order valence-corrected chi connectivity index (χ1v) is 10.3. The number of anilines is 1. The van der Waals surface area contributed by atoms with Gasteiger partial charge in [-0.3, -0.25) is 0 Å². The van der Waals surface area contributed by atoms with Gasteiger partial charge in [0.15, 0.2) is 0 Å². The van der Waals surface area contributed by atoms with Crippen LogP contribution < -0.4 is 9.64 Å². The molecule has 0 amide bonds. The Bertz CT molecular complexity index is 865. The van der Waals surface area contributed by atoms with Crippen LogP contribution in [0.5, 0.6) is 5.75 Å². The first kappa shape index (κ1) is 20.4. The highest BCUT2D eigenvalue weighted by atomic mass is 79.9. The molecule has 28 heavy (non-hydrogen) atoms. The van der Waals surface area contributed by atoms with Crippen molar-refractivity contribution in [2.45, 2.75) is 45.8 Å². The highest BCUT2D eigenvalue weighted by Gasteiger charge is 2.17. The van der Waals surface area contributed by atoms with Gasteiger partial charge in [0.2, 0.25) is 0 Å². The molecule has 6 heteroatoms. The van der Waals surface area contributed by atoms with Crippen LogP contribution in [0.1, 0.15) is 49.0 Å². The van der Waals surface area contributed by atoms with Crippen LogP contribution in [0.3, 0.4) is 0 Å². The molecule has 1 aromatic carbocycles. The van der Waals surface area contributed by atoms with Crippen LogP contribution >= 0.6 is 15.9 Å². The van der Waals surface area contributed by atoms with Crippen LogP contribution in [0.25, 0.3) is 0 Å². The smallest absolute Gasteiger partial charge is 0.337 e. The minimum absolute atomic E-state index is 0.108. The molecule has 1 N–H and O–H groups in total. The van der Waals surface area contributed by atoms with Crippen molar-refractivity contribution in [2.75, 3.05) is 11.4 Å². The lowest BCUT2D eigenvalue weighted by Crippen LogP contribution is -2.24. The van der Waals surface area contributed by atoms with Gasteiger partial charge in [-0.1, -0.05) is 21.5 Å². The molecule has 0 saturated carbocycles. The average molecular weight is 445 g/mol. The number of ether oxygens (including phenoxy) is 1. The summed E-state index contributed by atoms with van der Waals surface area (Å²) in [5.74, 6) is 0.646. The highest BCUT2D eigenvalue weighted by molar-refractivity contribution is 9.10. The number of aromatic carboxylic acids is 1. The summed E-state index contributed by atoms with van der Waals surface area (Å²) in [5.41, 5.74) is 2.63. The maximum atomic E-state index is 11.1. The summed E-state index contributed by atoms with van der Waals surface area (Å²) in [6, 6.07) is 9.41. The molecule has 1 unspecified atom stereocenters. The number of carboxylic acids is 1. The van der Waals surface area contributed by atoms with Gasteiger partial charge in [0.25, 0.3) is 0 Å².